The van der Waals surface area contributed by atoms with Crippen LogP contribution in [0.5, 0.6) is 0 Å². The van der Waals surface area contributed by atoms with E-state index in [1.165, 1.54) is 23.7 Å². The maximum absolute atomic E-state index is 13.0. The van der Waals surface area contributed by atoms with Crippen LogP contribution in [0.1, 0.15) is 64.7 Å². The molecule has 0 radical (unpaired) electrons. The normalized spacial score (nSPS) is 23.2. The minimum atomic E-state index is -0.410. The van der Waals surface area contributed by atoms with Gasteiger partial charge in [-0.15, -0.1) is 0 Å². The Hall–Kier alpha value is -1.23. The van der Waals surface area contributed by atoms with E-state index < -0.39 is 5.41 Å². The summed E-state index contributed by atoms with van der Waals surface area (Å²) in [7, 11) is 1.54. The monoisotopic (exact) mass is 420 g/mol. The number of esters is 1. The summed E-state index contributed by atoms with van der Waals surface area (Å²) in [4.78, 5) is 13.0. The zero-order chi connectivity index (χ0) is 18.7. The molecule has 0 spiro atoms. The molecule has 26 heavy (non-hydrogen) atoms. The van der Waals surface area contributed by atoms with Crippen molar-refractivity contribution in [3.8, 4) is 11.8 Å². The van der Waals surface area contributed by atoms with Crippen LogP contribution in [0.2, 0.25) is 5.32 Å². The van der Waals surface area contributed by atoms with Gasteiger partial charge in [0.1, 0.15) is 0 Å². The molecule has 0 amide bonds. The van der Waals surface area contributed by atoms with Gasteiger partial charge in [-0.3, -0.25) is 0 Å². The van der Waals surface area contributed by atoms with Crippen LogP contribution in [0.15, 0.2) is 30.3 Å². The van der Waals surface area contributed by atoms with Crippen molar-refractivity contribution < 1.29 is 9.53 Å². The van der Waals surface area contributed by atoms with Gasteiger partial charge in [-0.2, -0.15) is 0 Å². The van der Waals surface area contributed by atoms with E-state index in [0.717, 1.165) is 37.4 Å². The molecule has 1 saturated carbocycles. The minimum absolute atomic E-state index is 0.0286. The Labute approximate surface area is 165 Å². The summed E-state index contributed by atoms with van der Waals surface area (Å²) in [6.45, 7) is 2.14. The van der Waals surface area contributed by atoms with Crippen LogP contribution < -0.4 is 4.46 Å². The number of carbonyl (C=O) groups excluding carboxylic acids is 1. The molecule has 2 rings (SSSR count). The molecule has 3 heteroatoms. The molecule has 2 atom stereocenters. The topological polar surface area (TPSA) is 26.3 Å². The first-order valence-corrected chi connectivity index (χ1v) is 12.0. The van der Waals surface area contributed by atoms with Gasteiger partial charge in [0.25, 0.3) is 0 Å². The Morgan fingerprint density at radius 1 is 1.19 bits per heavy atom. The summed E-state index contributed by atoms with van der Waals surface area (Å²) >= 11 is 0.390. The molecule has 0 heterocycles. The molecule has 1 aliphatic carbocycles. The second-order valence-corrected chi connectivity index (χ2v) is 9.50. The van der Waals surface area contributed by atoms with Gasteiger partial charge in [-0.05, 0) is 0 Å². The number of methoxy groups -OCH3 is 1. The first-order valence-electron chi connectivity index (χ1n) is 9.95. The molecule has 0 aromatic heterocycles. The predicted molar refractivity (Wildman–Crippen MR) is 110 cm³/mol. The van der Waals surface area contributed by atoms with Crippen LogP contribution in [0.3, 0.4) is 0 Å². The molecular weight excluding hydrogens is 387 g/mol. The SMILES string of the molecule is CCCC#CC[C@@]1(C(=O)OC)CCCCCC[C@@H]1C[Se]c1ccccc1. The Balaban J connectivity index is 2.22. The van der Waals surface area contributed by atoms with Crippen molar-refractivity contribution in [2.24, 2.45) is 11.3 Å². The van der Waals surface area contributed by atoms with E-state index in [0.29, 0.717) is 27.3 Å². The summed E-state index contributed by atoms with van der Waals surface area (Å²) in [6, 6.07) is 10.7. The first kappa shape index (κ1) is 21.1. The summed E-state index contributed by atoms with van der Waals surface area (Å²) < 4.78 is 6.74. The zero-order valence-corrected chi connectivity index (χ0v) is 18.0. The summed E-state index contributed by atoms with van der Waals surface area (Å²) in [5.74, 6) is 6.96. The average Bonchev–Trinajstić information content (AvgIpc) is 2.66. The molecule has 1 fully saturated rings. The van der Waals surface area contributed by atoms with Crippen LogP contribution in [-0.4, -0.2) is 28.0 Å². The Bertz CT molecular complexity index is 602. The Kier molecular flexibility index (Phi) is 9.30. The van der Waals surface area contributed by atoms with E-state index in [1.54, 1.807) is 7.11 Å². The summed E-state index contributed by atoms with van der Waals surface area (Å²) in [5, 5.41) is 1.10. The third kappa shape index (κ3) is 5.90. The Morgan fingerprint density at radius 3 is 2.69 bits per heavy atom. The maximum atomic E-state index is 13.0. The fourth-order valence-corrected chi connectivity index (χ4v) is 6.41. The molecule has 1 aromatic rings. The van der Waals surface area contributed by atoms with Gasteiger partial charge < -0.3 is 0 Å². The van der Waals surface area contributed by atoms with E-state index in [4.69, 9.17) is 4.74 Å². The van der Waals surface area contributed by atoms with Gasteiger partial charge in [0.15, 0.2) is 0 Å². The molecule has 0 saturated heterocycles. The zero-order valence-electron chi connectivity index (χ0n) is 16.3. The molecule has 0 aliphatic heterocycles. The second-order valence-electron chi connectivity index (χ2n) is 7.20. The van der Waals surface area contributed by atoms with Crippen molar-refractivity contribution >= 4 is 25.4 Å². The van der Waals surface area contributed by atoms with Gasteiger partial charge in [0.2, 0.25) is 0 Å². The van der Waals surface area contributed by atoms with Gasteiger partial charge in [-0.25, -0.2) is 0 Å². The van der Waals surface area contributed by atoms with Crippen LogP contribution >= 0.6 is 0 Å². The molecule has 2 nitrogen and oxygen atoms in total. The number of hydrogen-bond acceptors (Lipinski definition) is 2. The van der Waals surface area contributed by atoms with Gasteiger partial charge in [0, 0.05) is 0 Å². The van der Waals surface area contributed by atoms with Crippen LogP contribution in [0.25, 0.3) is 0 Å². The van der Waals surface area contributed by atoms with Crippen molar-refractivity contribution in [1.82, 2.24) is 0 Å². The van der Waals surface area contributed by atoms with E-state index in [-0.39, 0.29) is 5.97 Å². The number of hydrogen-bond donors (Lipinski definition) is 0. The van der Waals surface area contributed by atoms with E-state index in [2.05, 4.69) is 49.1 Å². The van der Waals surface area contributed by atoms with Crippen LogP contribution in [-0.2, 0) is 9.53 Å². The number of rotatable bonds is 6. The average molecular weight is 419 g/mol. The molecule has 0 N–H and O–H groups in total. The van der Waals surface area contributed by atoms with Gasteiger partial charge >= 0.3 is 166 Å². The third-order valence-corrected chi connectivity index (χ3v) is 7.86. The molecule has 1 aliphatic rings. The number of ether oxygens (including phenoxy) is 1. The summed E-state index contributed by atoms with van der Waals surface area (Å²) in [5.41, 5.74) is -0.410. The molecule has 1 aromatic carbocycles. The number of unbranched alkanes of at least 4 members (excludes halogenated alkanes) is 1. The van der Waals surface area contributed by atoms with Crippen molar-refractivity contribution in [3.05, 3.63) is 30.3 Å². The van der Waals surface area contributed by atoms with E-state index in [1.807, 2.05) is 0 Å². The van der Waals surface area contributed by atoms with Crippen molar-refractivity contribution in [1.29, 1.82) is 0 Å². The van der Waals surface area contributed by atoms with E-state index in [9.17, 15) is 4.79 Å². The van der Waals surface area contributed by atoms with Crippen LogP contribution in [0, 0.1) is 23.2 Å². The van der Waals surface area contributed by atoms with Crippen molar-refractivity contribution in [2.45, 2.75) is 70.0 Å². The number of benzene rings is 1. The van der Waals surface area contributed by atoms with E-state index >= 15 is 0 Å². The molecule has 0 bridgehead atoms. The van der Waals surface area contributed by atoms with Gasteiger partial charge in [-0.1, -0.05) is 0 Å². The third-order valence-electron chi connectivity index (χ3n) is 5.40. The van der Waals surface area contributed by atoms with Crippen molar-refractivity contribution in [2.75, 3.05) is 7.11 Å². The first-order chi connectivity index (χ1) is 12.7. The quantitative estimate of drug-likeness (QED) is 0.378. The van der Waals surface area contributed by atoms with Crippen LogP contribution in [0.4, 0.5) is 0 Å². The fraction of sp³-hybridized carbons (Fsp3) is 0.609. The van der Waals surface area contributed by atoms with Crippen molar-refractivity contribution in [3.63, 3.8) is 0 Å². The second kappa shape index (κ2) is 11.5. The fourth-order valence-electron chi connectivity index (χ4n) is 3.83. The molecule has 0 unspecified atom stereocenters. The summed E-state index contributed by atoms with van der Waals surface area (Å²) in [6.07, 6.45) is 9.53. The van der Waals surface area contributed by atoms with Gasteiger partial charge in [0.05, 0.1) is 0 Å². The number of carbonyl (C=O) groups is 1. The predicted octanol–water partition coefficient (Wildman–Crippen LogP) is 4.76. The molecule has 142 valence electrons. The standard InChI is InChI=1S/C23H32O2Se/c1-3-4-5-12-17-23(22(24)25-2)18-13-7-6-9-14-20(23)19-26-21-15-10-8-11-16-21/h8,10-11,15-16,20H,3-4,6-7,9,13-14,17-19H2,1-2H3/t20-,23-/m1/s1. The Morgan fingerprint density at radius 2 is 1.96 bits per heavy atom. The molecular formula is C23H32O2Se.